The maximum absolute atomic E-state index is 13.2. The van der Waals surface area contributed by atoms with Gasteiger partial charge in [-0.15, -0.1) is 0 Å². The van der Waals surface area contributed by atoms with Crippen molar-refractivity contribution in [2.24, 2.45) is 5.41 Å². The average Bonchev–Trinajstić information content (AvgIpc) is 2.53. The highest BCUT2D eigenvalue weighted by atomic mass is 35.5. The lowest BCUT2D eigenvalue weighted by Crippen LogP contribution is -2.37. The predicted molar refractivity (Wildman–Crippen MR) is 69.7 cm³/mol. The van der Waals surface area contributed by atoms with E-state index in [9.17, 15) is 4.39 Å². The second-order valence-corrected chi connectivity index (χ2v) is 6.03. The first-order valence-electron chi connectivity index (χ1n) is 6.16. The van der Waals surface area contributed by atoms with Crippen LogP contribution >= 0.6 is 11.6 Å². The topological polar surface area (TPSA) is 12.0 Å². The Hall–Kier alpha value is -0.600. The summed E-state index contributed by atoms with van der Waals surface area (Å²) in [5.41, 5.74) is 1.26. The number of nitrogens with one attached hydrogen (secondary N) is 1. The van der Waals surface area contributed by atoms with Crippen LogP contribution in [-0.4, -0.2) is 6.04 Å². The molecule has 0 spiro atoms. The molecule has 2 rings (SSSR count). The molecule has 1 unspecified atom stereocenters. The molecule has 0 amide bonds. The van der Waals surface area contributed by atoms with Crippen LogP contribution in [0.4, 0.5) is 4.39 Å². The van der Waals surface area contributed by atoms with E-state index in [4.69, 9.17) is 11.6 Å². The lowest BCUT2D eigenvalue weighted by molar-refractivity contribution is 0.282. The fourth-order valence-electron chi connectivity index (χ4n) is 2.66. The monoisotopic (exact) mass is 255 g/mol. The quantitative estimate of drug-likeness (QED) is 0.856. The standard InChI is InChI=1S/C14H19ClFN/c1-14(2)5-3-4-13(14)17-9-10-6-11(15)8-12(16)7-10/h6-8,13,17H,3-5,9H2,1-2H3. The lowest BCUT2D eigenvalue weighted by atomic mass is 9.87. The lowest BCUT2D eigenvalue weighted by Gasteiger charge is -2.28. The van der Waals surface area contributed by atoms with Crippen LogP contribution in [0.5, 0.6) is 0 Å². The molecule has 3 heteroatoms. The molecule has 17 heavy (non-hydrogen) atoms. The molecule has 94 valence electrons. The van der Waals surface area contributed by atoms with Crippen LogP contribution in [0.1, 0.15) is 38.7 Å². The van der Waals surface area contributed by atoms with Crippen molar-refractivity contribution in [3.05, 3.63) is 34.6 Å². The van der Waals surface area contributed by atoms with Crippen LogP contribution in [0.15, 0.2) is 18.2 Å². The van der Waals surface area contributed by atoms with Crippen molar-refractivity contribution in [2.75, 3.05) is 0 Å². The molecule has 1 saturated carbocycles. The molecular weight excluding hydrogens is 237 g/mol. The van der Waals surface area contributed by atoms with Crippen molar-refractivity contribution >= 4 is 11.6 Å². The van der Waals surface area contributed by atoms with Gasteiger partial charge in [-0.3, -0.25) is 0 Å². The van der Waals surface area contributed by atoms with Gasteiger partial charge in [0.25, 0.3) is 0 Å². The molecule has 1 aliphatic rings. The van der Waals surface area contributed by atoms with Crippen LogP contribution in [0.3, 0.4) is 0 Å². The smallest absolute Gasteiger partial charge is 0.125 e. The van der Waals surface area contributed by atoms with Crippen molar-refractivity contribution in [3.63, 3.8) is 0 Å². The van der Waals surface area contributed by atoms with Gasteiger partial charge in [0, 0.05) is 17.6 Å². The molecule has 0 saturated heterocycles. The summed E-state index contributed by atoms with van der Waals surface area (Å²) in [5.74, 6) is -0.264. The van der Waals surface area contributed by atoms with E-state index in [1.54, 1.807) is 6.07 Å². The van der Waals surface area contributed by atoms with E-state index in [0.717, 1.165) is 5.56 Å². The highest BCUT2D eigenvalue weighted by Crippen LogP contribution is 2.37. The molecule has 1 N–H and O–H groups in total. The predicted octanol–water partition coefficient (Wildman–Crippen LogP) is 4.15. The van der Waals surface area contributed by atoms with Gasteiger partial charge in [-0.1, -0.05) is 31.9 Å². The Morgan fingerprint density at radius 2 is 2.18 bits per heavy atom. The van der Waals surface area contributed by atoms with Crippen LogP contribution in [-0.2, 0) is 6.54 Å². The van der Waals surface area contributed by atoms with Gasteiger partial charge in [0.2, 0.25) is 0 Å². The van der Waals surface area contributed by atoms with Gasteiger partial charge in [-0.25, -0.2) is 4.39 Å². The minimum Gasteiger partial charge on any atom is -0.309 e. The maximum atomic E-state index is 13.2. The largest absolute Gasteiger partial charge is 0.309 e. The van der Waals surface area contributed by atoms with Crippen LogP contribution in [0, 0.1) is 11.2 Å². The fourth-order valence-corrected chi connectivity index (χ4v) is 2.90. The second-order valence-electron chi connectivity index (χ2n) is 5.59. The Labute approximate surface area is 107 Å². The summed E-state index contributed by atoms with van der Waals surface area (Å²) in [5, 5.41) is 3.98. The number of halogens is 2. The molecule has 1 aromatic carbocycles. The normalized spacial score (nSPS) is 22.9. The SMILES string of the molecule is CC1(C)CCCC1NCc1cc(F)cc(Cl)c1. The molecule has 1 atom stereocenters. The first kappa shape index (κ1) is 12.8. The molecule has 1 aromatic rings. The zero-order chi connectivity index (χ0) is 12.5. The molecule has 0 radical (unpaired) electrons. The van der Waals surface area contributed by atoms with Crippen LogP contribution in [0.2, 0.25) is 5.02 Å². The molecular formula is C14H19ClFN. The fraction of sp³-hybridized carbons (Fsp3) is 0.571. The Kier molecular flexibility index (Phi) is 3.74. The van der Waals surface area contributed by atoms with Gasteiger partial charge in [0.1, 0.15) is 5.82 Å². The maximum Gasteiger partial charge on any atom is 0.125 e. The summed E-state index contributed by atoms with van der Waals surface area (Å²) in [6.07, 6.45) is 3.74. The number of rotatable bonds is 3. The van der Waals surface area contributed by atoms with Gasteiger partial charge in [-0.05, 0) is 42.0 Å². The van der Waals surface area contributed by atoms with E-state index in [0.29, 0.717) is 23.0 Å². The first-order valence-corrected chi connectivity index (χ1v) is 6.53. The van der Waals surface area contributed by atoms with Crippen molar-refractivity contribution in [1.29, 1.82) is 0 Å². The highest BCUT2D eigenvalue weighted by molar-refractivity contribution is 6.30. The Morgan fingerprint density at radius 1 is 1.41 bits per heavy atom. The highest BCUT2D eigenvalue weighted by Gasteiger charge is 2.33. The van der Waals surface area contributed by atoms with Gasteiger partial charge >= 0.3 is 0 Å². The summed E-state index contributed by atoms with van der Waals surface area (Å²) in [6, 6.07) is 5.22. The molecule has 1 nitrogen and oxygen atoms in total. The Balaban J connectivity index is 1.98. The molecule has 0 bridgehead atoms. The third kappa shape index (κ3) is 3.20. The van der Waals surface area contributed by atoms with E-state index in [1.807, 2.05) is 6.07 Å². The molecule has 1 fully saturated rings. The third-order valence-electron chi connectivity index (χ3n) is 3.73. The first-order chi connectivity index (χ1) is 7.97. The van der Waals surface area contributed by atoms with Crippen molar-refractivity contribution in [2.45, 2.75) is 45.7 Å². The van der Waals surface area contributed by atoms with E-state index in [2.05, 4.69) is 19.2 Å². The van der Waals surface area contributed by atoms with Gasteiger partial charge < -0.3 is 5.32 Å². The average molecular weight is 256 g/mol. The van der Waals surface area contributed by atoms with Crippen molar-refractivity contribution in [3.8, 4) is 0 Å². The summed E-state index contributed by atoms with van der Waals surface area (Å²) in [7, 11) is 0. The molecule has 1 aliphatic carbocycles. The van der Waals surface area contributed by atoms with E-state index in [-0.39, 0.29) is 5.82 Å². The minimum atomic E-state index is -0.264. The van der Waals surface area contributed by atoms with Gasteiger partial charge in [0.15, 0.2) is 0 Å². The zero-order valence-electron chi connectivity index (χ0n) is 10.4. The molecule has 0 aromatic heterocycles. The summed E-state index contributed by atoms with van der Waals surface area (Å²) < 4.78 is 13.2. The summed E-state index contributed by atoms with van der Waals surface area (Å²) in [4.78, 5) is 0. The second kappa shape index (κ2) is 4.95. The van der Waals surface area contributed by atoms with E-state index in [1.165, 1.54) is 25.3 Å². The summed E-state index contributed by atoms with van der Waals surface area (Å²) in [6.45, 7) is 5.26. The van der Waals surface area contributed by atoms with Gasteiger partial charge in [0.05, 0.1) is 0 Å². The zero-order valence-corrected chi connectivity index (χ0v) is 11.1. The Morgan fingerprint density at radius 3 is 2.76 bits per heavy atom. The van der Waals surface area contributed by atoms with E-state index < -0.39 is 0 Å². The summed E-state index contributed by atoms with van der Waals surface area (Å²) >= 11 is 5.83. The van der Waals surface area contributed by atoms with Crippen LogP contribution < -0.4 is 5.32 Å². The Bertz CT molecular complexity index is 383. The van der Waals surface area contributed by atoms with Crippen molar-refractivity contribution in [1.82, 2.24) is 5.32 Å². The minimum absolute atomic E-state index is 0.264. The van der Waals surface area contributed by atoms with Crippen molar-refractivity contribution < 1.29 is 4.39 Å². The van der Waals surface area contributed by atoms with Gasteiger partial charge in [-0.2, -0.15) is 0 Å². The third-order valence-corrected chi connectivity index (χ3v) is 3.95. The number of benzene rings is 1. The van der Waals surface area contributed by atoms with E-state index >= 15 is 0 Å². The molecule has 0 aliphatic heterocycles. The van der Waals surface area contributed by atoms with Crippen LogP contribution in [0.25, 0.3) is 0 Å². The molecule has 0 heterocycles. The number of hydrogen-bond donors (Lipinski definition) is 1. The number of hydrogen-bond acceptors (Lipinski definition) is 1.